The van der Waals surface area contributed by atoms with Gasteiger partial charge < -0.3 is 15.8 Å². The quantitative estimate of drug-likeness (QED) is 0.804. The van der Waals surface area contributed by atoms with Gasteiger partial charge >= 0.3 is 0 Å². The van der Waals surface area contributed by atoms with Crippen molar-refractivity contribution < 1.29 is 9.53 Å². The lowest BCUT2D eigenvalue weighted by Crippen LogP contribution is -2.43. The number of carbonyl (C=O) groups excluding carboxylic acids is 1. The molecular formula is C15H23N3O2. The topological polar surface area (TPSA) is 67.6 Å². The maximum atomic E-state index is 11.7. The number of benzene rings is 1. The molecule has 20 heavy (non-hydrogen) atoms. The number of rotatable bonds is 6. The lowest BCUT2D eigenvalue weighted by atomic mass is 10.2. The van der Waals surface area contributed by atoms with Crippen molar-refractivity contribution in [3.63, 3.8) is 0 Å². The summed E-state index contributed by atoms with van der Waals surface area (Å²) in [6.45, 7) is 2.77. The Hall–Kier alpha value is -1.59. The molecule has 1 aliphatic rings. The number of nitrogens with two attached hydrogens (primary N) is 1. The lowest BCUT2D eigenvalue weighted by Gasteiger charge is -2.23. The summed E-state index contributed by atoms with van der Waals surface area (Å²) in [5.41, 5.74) is 6.69. The summed E-state index contributed by atoms with van der Waals surface area (Å²) in [5, 5.41) is 2.73. The Bertz CT molecular complexity index is 450. The molecule has 1 heterocycles. The second kappa shape index (κ2) is 7.26. The van der Waals surface area contributed by atoms with Crippen LogP contribution in [0.15, 0.2) is 24.3 Å². The molecule has 3 N–H and O–H groups in total. The van der Waals surface area contributed by atoms with Crippen LogP contribution in [0.4, 0.5) is 0 Å². The smallest absolute Gasteiger partial charge is 0.237 e. The van der Waals surface area contributed by atoms with Gasteiger partial charge in [-0.3, -0.25) is 9.69 Å². The van der Waals surface area contributed by atoms with Gasteiger partial charge in [0.05, 0.1) is 6.04 Å². The van der Waals surface area contributed by atoms with E-state index in [-0.39, 0.29) is 11.9 Å². The van der Waals surface area contributed by atoms with E-state index in [2.05, 4.69) is 10.2 Å². The maximum absolute atomic E-state index is 11.7. The summed E-state index contributed by atoms with van der Waals surface area (Å²) in [4.78, 5) is 13.9. The Balaban J connectivity index is 1.85. The van der Waals surface area contributed by atoms with Crippen molar-refractivity contribution in [2.24, 2.45) is 5.73 Å². The molecular weight excluding hydrogens is 254 g/mol. The van der Waals surface area contributed by atoms with Gasteiger partial charge in [0.2, 0.25) is 5.91 Å². The first kappa shape index (κ1) is 14.8. The number of hydrogen-bond donors (Lipinski definition) is 2. The summed E-state index contributed by atoms with van der Waals surface area (Å²) < 4.78 is 5.80. The minimum atomic E-state index is -0.00616. The molecule has 1 fully saturated rings. The van der Waals surface area contributed by atoms with Gasteiger partial charge in [-0.15, -0.1) is 0 Å². The second-order valence-electron chi connectivity index (χ2n) is 4.97. The standard InChI is InChI=1S/C15H23N3O2/c1-17-15(19)13-6-4-8-18(13)9-10-20-14-7-3-2-5-12(14)11-16/h2-3,5,7,13H,4,6,8-11,16H2,1H3,(H,17,19). The zero-order valence-corrected chi connectivity index (χ0v) is 12.0. The van der Waals surface area contributed by atoms with E-state index in [9.17, 15) is 4.79 Å². The van der Waals surface area contributed by atoms with Crippen molar-refractivity contribution in [2.45, 2.75) is 25.4 Å². The first-order chi connectivity index (χ1) is 9.76. The Morgan fingerprint density at radius 2 is 2.30 bits per heavy atom. The molecule has 5 nitrogen and oxygen atoms in total. The van der Waals surface area contributed by atoms with Gasteiger partial charge in [0, 0.05) is 25.7 Å². The van der Waals surface area contributed by atoms with E-state index in [1.807, 2.05) is 24.3 Å². The number of carbonyl (C=O) groups is 1. The second-order valence-corrected chi connectivity index (χ2v) is 4.97. The molecule has 0 spiro atoms. The highest BCUT2D eigenvalue weighted by Crippen LogP contribution is 2.19. The van der Waals surface area contributed by atoms with Crippen LogP contribution in [0.2, 0.25) is 0 Å². The molecule has 1 atom stereocenters. The molecule has 0 radical (unpaired) electrons. The number of ether oxygens (including phenoxy) is 1. The van der Waals surface area contributed by atoms with Crippen LogP contribution >= 0.6 is 0 Å². The molecule has 1 amide bonds. The minimum Gasteiger partial charge on any atom is -0.492 e. The average Bonchev–Trinajstić information content (AvgIpc) is 2.95. The van der Waals surface area contributed by atoms with Crippen molar-refractivity contribution in [2.75, 3.05) is 26.7 Å². The third kappa shape index (κ3) is 3.49. The first-order valence-corrected chi connectivity index (χ1v) is 7.12. The lowest BCUT2D eigenvalue weighted by molar-refractivity contribution is -0.125. The minimum absolute atomic E-state index is 0.00616. The third-order valence-electron chi connectivity index (χ3n) is 3.74. The van der Waals surface area contributed by atoms with E-state index in [0.29, 0.717) is 13.2 Å². The molecule has 1 aromatic carbocycles. The first-order valence-electron chi connectivity index (χ1n) is 7.12. The molecule has 0 bridgehead atoms. The van der Waals surface area contributed by atoms with E-state index in [0.717, 1.165) is 37.2 Å². The van der Waals surface area contributed by atoms with Crippen molar-refractivity contribution in [3.05, 3.63) is 29.8 Å². The van der Waals surface area contributed by atoms with Crippen LogP contribution in [0.3, 0.4) is 0 Å². The molecule has 5 heteroatoms. The normalized spacial score (nSPS) is 19.0. The highest BCUT2D eigenvalue weighted by Gasteiger charge is 2.29. The van der Waals surface area contributed by atoms with Crippen LogP contribution in [0.5, 0.6) is 5.75 Å². The Kier molecular flexibility index (Phi) is 5.38. The Morgan fingerprint density at radius 3 is 3.05 bits per heavy atom. The fraction of sp³-hybridized carbons (Fsp3) is 0.533. The number of nitrogens with zero attached hydrogens (tertiary/aromatic N) is 1. The molecule has 1 unspecified atom stereocenters. The molecule has 0 saturated carbocycles. The summed E-state index contributed by atoms with van der Waals surface area (Å²) in [5.74, 6) is 0.940. The fourth-order valence-corrected chi connectivity index (χ4v) is 2.64. The highest BCUT2D eigenvalue weighted by molar-refractivity contribution is 5.81. The van der Waals surface area contributed by atoms with Crippen LogP contribution < -0.4 is 15.8 Å². The maximum Gasteiger partial charge on any atom is 0.237 e. The van der Waals surface area contributed by atoms with E-state index in [1.165, 1.54) is 0 Å². The average molecular weight is 277 g/mol. The van der Waals surface area contributed by atoms with Crippen molar-refractivity contribution in [1.29, 1.82) is 0 Å². The molecule has 1 saturated heterocycles. The van der Waals surface area contributed by atoms with E-state index >= 15 is 0 Å². The van der Waals surface area contributed by atoms with Crippen LogP contribution in [-0.2, 0) is 11.3 Å². The van der Waals surface area contributed by atoms with Gasteiger partial charge in [-0.2, -0.15) is 0 Å². The zero-order chi connectivity index (χ0) is 14.4. The summed E-state index contributed by atoms with van der Waals surface area (Å²) in [7, 11) is 1.69. The number of hydrogen-bond acceptors (Lipinski definition) is 4. The van der Waals surface area contributed by atoms with Crippen LogP contribution in [0, 0.1) is 0 Å². The van der Waals surface area contributed by atoms with Crippen LogP contribution in [-0.4, -0.2) is 43.6 Å². The van der Waals surface area contributed by atoms with Gasteiger partial charge in [0.25, 0.3) is 0 Å². The van der Waals surface area contributed by atoms with Crippen LogP contribution in [0.25, 0.3) is 0 Å². The fourth-order valence-electron chi connectivity index (χ4n) is 2.64. The summed E-state index contributed by atoms with van der Waals surface area (Å²) in [6.07, 6.45) is 2.00. The molecule has 1 aromatic rings. The van der Waals surface area contributed by atoms with E-state index in [1.54, 1.807) is 7.05 Å². The monoisotopic (exact) mass is 277 g/mol. The third-order valence-corrected chi connectivity index (χ3v) is 3.74. The Labute approximate surface area is 120 Å². The number of amides is 1. The number of nitrogens with one attached hydrogen (secondary N) is 1. The number of likely N-dealkylation sites (tertiary alicyclic amines) is 1. The van der Waals surface area contributed by atoms with Gasteiger partial charge in [0.15, 0.2) is 0 Å². The SMILES string of the molecule is CNC(=O)C1CCCN1CCOc1ccccc1CN. The van der Waals surface area contributed by atoms with Gasteiger partial charge in [0.1, 0.15) is 12.4 Å². The Morgan fingerprint density at radius 1 is 1.50 bits per heavy atom. The highest BCUT2D eigenvalue weighted by atomic mass is 16.5. The molecule has 0 aliphatic carbocycles. The van der Waals surface area contributed by atoms with Crippen molar-refractivity contribution in [1.82, 2.24) is 10.2 Å². The number of para-hydroxylation sites is 1. The van der Waals surface area contributed by atoms with Crippen molar-refractivity contribution >= 4 is 5.91 Å². The van der Waals surface area contributed by atoms with Gasteiger partial charge in [-0.25, -0.2) is 0 Å². The zero-order valence-electron chi connectivity index (χ0n) is 12.0. The largest absolute Gasteiger partial charge is 0.492 e. The van der Waals surface area contributed by atoms with Gasteiger partial charge in [-0.1, -0.05) is 18.2 Å². The summed E-state index contributed by atoms with van der Waals surface area (Å²) in [6, 6.07) is 7.80. The van der Waals surface area contributed by atoms with Crippen molar-refractivity contribution in [3.8, 4) is 5.75 Å². The molecule has 0 aromatic heterocycles. The van der Waals surface area contributed by atoms with Gasteiger partial charge in [-0.05, 0) is 25.5 Å². The molecule has 110 valence electrons. The predicted molar refractivity (Wildman–Crippen MR) is 78.5 cm³/mol. The van der Waals surface area contributed by atoms with Crippen LogP contribution in [0.1, 0.15) is 18.4 Å². The number of likely N-dealkylation sites (N-methyl/N-ethyl adjacent to an activating group) is 1. The predicted octanol–water partition coefficient (Wildman–Crippen LogP) is 0.734. The molecule has 2 rings (SSSR count). The molecule has 1 aliphatic heterocycles. The summed E-state index contributed by atoms with van der Waals surface area (Å²) >= 11 is 0. The van der Waals surface area contributed by atoms with E-state index in [4.69, 9.17) is 10.5 Å². The van der Waals surface area contributed by atoms with E-state index < -0.39 is 0 Å².